The topological polar surface area (TPSA) is 90.3 Å². The molecule has 2 aromatic heterocycles. The van der Waals surface area contributed by atoms with Crippen LogP contribution in [0.1, 0.15) is 10.5 Å². The molecule has 1 amide bonds. The molecule has 0 unspecified atom stereocenters. The quantitative estimate of drug-likeness (QED) is 0.211. The first-order valence-corrected chi connectivity index (χ1v) is 13.5. The van der Waals surface area contributed by atoms with Crippen molar-refractivity contribution in [2.45, 2.75) is 0 Å². The normalized spacial score (nSPS) is 11.0. The van der Waals surface area contributed by atoms with Gasteiger partial charge in [0.1, 0.15) is 5.69 Å². The predicted molar refractivity (Wildman–Crippen MR) is 156 cm³/mol. The number of nitrogens with one attached hydrogen (secondary N) is 1. The van der Waals surface area contributed by atoms with Crippen LogP contribution in [0.2, 0.25) is 15.1 Å². The Morgan fingerprint density at radius 1 is 0.974 bits per heavy atom. The molecule has 5 aromatic rings. The first kappa shape index (κ1) is 26.9. The summed E-state index contributed by atoms with van der Waals surface area (Å²) in [5.74, 6) is -1.42. The number of hydrogen-bond acceptors (Lipinski definition) is 6. The average molecular weight is 599 g/mol. The summed E-state index contributed by atoms with van der Waals surface area (Å²) >= 11 is 19.5. The van der Waals surface area contributed by atoms with E-state index in [4.69, 9.17) is 39.5 Å². The zero-order valence-electron chi connectivity index (χ0n) is 20.2. The second kappa shape index (κ2) is 11.2. The summed E-state index contributed by atoms with van der Waals surface area (Å²) in [4.78, 5) is 43.4. The molecule has 0 aliphatic heterocycles. The Morgan fingerprint density at radius 3 is 2.38 bits per heavy atom. The Kier molecular flexibility index (Phi) is 7.72. The van der Waals surface area contributed by atoms with E-state index in [1.807, 2.05) is 0 Å². The highest BCUT2D eigenvalue weighted by atomic mass is 35.5. The van der Waals surface area contributed by atoms with Crippen LogP contribution in [0.3, 0.4) is 0 Å². The van der Waals surface area contributed by atoms with Crippen molar-refractivity contribution >= 4 is 73.9 Å². The highest BCUT2D eigenvalue weighted by Gasteiger charge is 2.24. The summed E-state index contributed by atoms with van der Waals surface area (Å²) < 4.78 is 6.59. The van der Waals surface area contributed by atoms with Gasteiger partial charge in [-0.25, -0.2) is 9.78 Å². The van der Waals surface area contributed by atoms with E-state index in [1.54, 1.807) is 72.1 Å². The smallest absolute Gasteiger partial charge is 0.356 e. The number of carbonyl (C=O) groups is 2. The van der Waals surface area contributed by atoms with Gasteiger partial charge in [0, 0.05) is 39.0 Å². The van der Waals surface area contributed by atoms with Gasteiger partial charge < -0.3 is 9.30 Å². The number of aromatic nitrogens is 2. The SMILES string of the molecule is Cn1c(C(=O)OCC(=O)Nc2nc(-c3ccc(Cl)cc3Cl)cs2)c(-c2ccc(Cl)cc2)c2ccccc2c1=O. The Balaban J connectivity index is 1.39. The van der Waals surface area contributed by atoms with Crippen LogP contribution in [0.4, 0.5) is 5.13 Å². The fourth-order valence-electron chi connectivity index (χ4n) is 4.12. The van der Waals surface area contributed by atoms with Crippen molar-refractivity contribution in [3.8, 4) is 22.4 Å². The first-order valence-electron chi connectivity index (χ1n) is 11.5. The van der Waals surface area contributed by atoms with Crippen LogP contribution in [0.5, 0.6) is 0 Å². The summed E-state index contributed by atoms with van der Waals surface area (Å²) in [6.45, 7) is -0.587. The molecule has 0 bridgehead atoms. The Labute approximate surface area is 241 Å². The number of rotatable bonds is 6. The molecule has 0 radical (unpaired) electrons. The first-order chi connectivity index (χ1) is 18.7. The van der Waals surface area contributed by atoms with Crippen molar-refractivity contribution in [3.05, 3.63) is 103 Å². The lowest BCUT2D eigenvalue weighted by molar-refractivity contribution is -0.119. The van der Waals surface area contributed by atoms with E-state index in [2.05, 4.69) is 10.3 Å². The standard InChI is InChI=1S/C28H18Cl3N3O4S/c1-34-25(24(15-6-8-16(29)9-7-15)18-4-2-3-5-19(18)26(34)36)27(37)38-13-23(35)33-28-32-22(14-39-28)20-11-10-17(30)12-21(20)31/h2-12,14H,13H2,1H3,(H,32,33,35). The molecule has 5 rings (SSSR count). The zero-order chi connectivity index (χ0) is 27.7. The second-order valence-corrected chi connectivity index (χ2v) is 10.6. The molecular formula is C28H18Cl3N3O4S. The summed E-state index contributed by atoms with van der Waals surface area (Å²) in [6.07, 6.45) is 0. The fraction of sp³-hybridized carbons (Fsp3) is 0.0714. The highest BCUT2D eigenvalue weighted by molar-refractivity contribution is 7.14. The van der Waals surface area contributed by atoms with E-state index in [1.165, 1.54) is 23.0 Å². The Morgan fingerprint density at radius 2 is 1.67 bits per heavy atom. The van der Waals surface area contributed by atoms with Gasteiger partial charge in [0.25, 0.3) is 11.5 Å². The number of esters is 1. The van der Waals surface area contributed by atoms with Crippen molar-refractivity contribution in [1.82, 2.24) is 9.55 Å². The van der Waals surface area contributed by atoms with Crippen molar-refractivity contribution in [2.24, 2.45) is 7.05 Å². The lowest BCUT2D eigenvalue weighted by Gasteiger charge is -2.16. The molecule has 0 spiro atoms. The number of amides is 1. The number of thiazole rings is 1. The summed E-state index contributed by atoms with van der Waals surface area (Å²) in [5.41, 5.74) is 2.04. The molecule has 3 aromatic carbocycles. The molecule has 196 valence electrons. The van der Waals surface area contributed by atoms with E-state index < -0.39 is 18.5 Å². The van der Waals surface area contributed by atoms with Crippen LogP contribution in [-0.2, 0) is 16.6 Å². The molecule has 11 heteroatoms. The minimum Gasteiger partial charge on any atom is -0.451 e. The number of nitrogens with zero attached hydrogens (tertiary/aromatic N) is 2. The van der Waals surface area contributed by atoms with E-state index in [0.717, 1.165) is 0 Å². The van der Waals surface area contributed by atoms with Crippen molar-refractivity contribution < 1.29 is 14.3 Å². The number of pyridine rings is 1. The van der Waals surface area contributed by atoms with Gasteiger partial charge in [0.15, 0.2) is 11.7 Å². The van der Waals surface area contributed by atoms with Crippen molar-refractivity contribution in [2.75, 3.05) is 11.9 Å². The van der Waals surface area contributed by atoms with E-state index >= 15 is 0 Å². The number of hydrogen-bond donors (Lipinski definition) is 1. The van der Waals surface area contributed by atoms with Crippen LogP contribution in [0, 0.1) is 0 Å². The van der Waals surface area contributed by atoms with Crippen LogP contribution in [0.25, 0.3) is 33.2 Å². The highest BCUT2D eigenvalue weighted by Crippen LogP contribution is 2.33. The van der Waals surface area contributed by atoms with E-state index in [9.17, 15) is 14.4 Å². The molecule has 39 heavy (non-hydrogen) atoms. The number of carbonyl (C=O) groups excluding carboxylic acids is 2. The molecular weight excluding hydrogens is 581 g/mol. The number of ether oxygens (including phenoxy) is 1. The maximum absolute atomic E-state index is 13.3. The molecule has 1 N–H and O–H groups in total. The van der Waals surface area contributed by atoms with E-state index in [0.29, 0.717) is 53.4 Å². The van der Waals surface area contributed by atoms with Crippen LogP contribution < -0.4 is 10.9 Å². The third-order valence-electron chi connectivity index (χ3n) is 5.92. The monoisotopic (exact) mass is 597 g/mol. The molecule has 0 saturated heterocycles. The van der Waals surface area contributed by atoms with Crippen molar-refractivity contribution in [3.63, 3.8) is 0 Å². The van der Waals surface area contributed by atoms with Crippen LogP contribution in [-0.4, -0.2) is 28.0 Å². The maximum atomic E-state index is 13.3. The minimum atomic E-state index is -0.826. The van der Waals surface area contributed by atoms with Crippen LogP contribution in [0.15, 0.2) is 76.9 Å². The predicted octanol–water partition coefficient (Wildman–Crippen LogP) is 7.08. The number of anilines is 1. The van der Waals surface area contributed by atoms with Gasteiger partial charge in [-0.15, -0.1) is 11.3 Å². The molecule has 0 aliphatic rings. The lowest BCUT2D eigenvalue weighted by atomic mass is 9.97. The third kappa shape index (κ3) is 5.55. The zero-order valence-corrected chi connectivity index (χ0v) is 23.3. The molecule has 0 fully saturated rings. The third-order valence-corrected chi connectivity index (χ3v) is 7.48. The molecule has 7 nitrogen and oxygen atoms in total. The summed E-state index contributed by atoms with van der Waals surface area (Å²) in [7, 11) is 1.49. The Hall–Kier alpha value is -3.69. The summed E-state index contributed by atoms with van der Waals surface area (Å²) in [6, 6.07) is 18.9. The number of fused-ring (bicyclic) bond motifs is 1. The minimum absolute atomic E-state index is 0.0164. The van der Waals surface area contributed by atoms with Gasteiger partial charge in [-0.05, 0) is 47.3 Å². The number of halogens is 3. The second-order valence-electron chi connectivity index (χ2n) is 8.43. The van der Waals surface area contributed by atoms with Gasteiger partial charge in [-0.3, -0.25) is 14.9 Å². The van der Waals surface area contributed by atoms with Crippen LogP contribution >= 0.6 is 46.1 Å². The van der Waals surface area contributed by atoms with Gasteiger partial charge >= 0.3 is 5.97 Å². The average Bonchev–Trinajstić information content (AvgIpc) is 3.37. The molecule has 0 saturated carbocycles. The van der Waals surface area contributed by atoms with Crippen molar-refractivity contribution in [1.29, 1.82) is 0 Å². The van der Waals surface area contributed by atoms with E-state index in [-0.39, 0.29) is 11.3 Å². The van der Waals surface area contributed by atoms with Gasteiger partial charge in [-0.2, -0.15) is 0 Å². The maximum Gasteiger partial charge on any atom is 0.356 e. The fourth-order valence-corrected chi connectivity index (χ4v) is 5.48. The molecule has 0 aliphatic carbocycles. The lowest BCUT2D eigenvalue weighted by Crippen LogP contribution is -2.28. The molecule has 0 atom stereocenters. The van der Waals surface area contributed by atoms with Gasteiger partial charge in [0.05, 0.1) is 10.7 Å². The number of benzene rings is 3. The van der Waals surface area contributed by atoms with Gasteiger partial charge in [0.2, 0.25) is 0 Å². The Bertz CT molecular complexity index is 1800. The molecule has 2 heterocycles. The summed E-state index contributed by atoms with van der Waals surface area (Å²) in [5, 5.41) is 7.13. The van der Waals surface area contributed by atoms with Gasteiger partial charge in [-0.1, -0.05) is 65.1 Å². The largest absolute Gasteiger partial charge is 0.451 e.